The third-order valence-electron chi connectivity index (χ3n) is 3.46. The first-order valence-corrected chi connectivity index (χ1v) is 6.84. The van der Waals surface area contributed by atoms with Crippen LogP contribution in [0.25, 0.3) is 0 Å². The first-order chi connectivity index (χ1) is 9.24. The van der Waals surface area contributed by atoms with Crippen LogP contribution >= 0.6 is 0 Å². The normalized spacial score (nSPS) is 20.3. The first kappa shape index (κ1) is 14.0. The van der Waals surface area contributed by atoms with Crippen LogP contribution in [0.2, 0.25) is 0 Å². The van der Waals surface area contributed by atoms with Gasteiger partial charge in [-0.15, -0.1) is 0 Å². The van der Waals surface area contributed by atoms with Crippen molar-refractivity contribution in [1.29, 1.82) is 0 Å². The zero-order valence-electron chi connectivity index (χ0n) is 11.1. The van der Waals surface area contributed by atoms with Crippen molar-refractivity contribution in [3.05, 3.63) is 35.9 Å². The van der Waals surface area contributed by atoms with Gasteiger partial charge < -0.3 is 9.84 Å². The highest BCUT2D eigenvalue weighted by molar-refractivity contribution is 5.66. The van der Waals surface area contributed by atoms with E-state index in [-0.39, 0.29) is 12.5 Å². The summed E-state index contributed by atoms with van der Waals surface area (Å²) in [6.45, 7) is 3.02. The summed E-state index contributed by atoms with van der Waals surface area (Å²) in [5.41, 5.74) is 1.33. The van der Waals surface area contributed by atoms with Crippen molar-refractivity contribution in [2.45, 2.75) is 25.4 Å². The van der Waals surface area contributed by atoms with Crippen molar-refractivity contribution >= 4 is 5.97 Å². The lowest BCUT2D eigenvalue weighted by atomic mass is 10.1. The van der Waals surface area contributed by atoms with Crippen molar-refractivity contribution in [1.82, 2.24) is 4.90 Å². The zero-order chi connectivity index (χ0) is 13.5. The molecule has 1 aliphatic heterocycles. The smallest absolute Gasteiger partial charge is 0.304 e. The Kier molecular flexibility index (Phi) is 5.36. The van der Waals surface area contributed by atoms with Gasteiger partial charge in [-0.2, -0.15) is 0 Å². The summed E-state index contributed by atoms with van der Waals surface area (Å²) in [6.07, 6.45) is 2.44. The largest absolute Gasteiger partial charge is 0.481 e. The number of morpholine rings is 1. The van der Waals surface area contributed by atoms with E-state index in [0.29, 0.717) is 13.2 Å². The van der Waals surface area contributed by atoms with Crippen molar-refractivity contribution in [3.8, 4) is 0 Å². The number of aryl methyl sites for hydroxylation is 1. The quantitative estimate of drug-likeness (QED) is 0.850. The Morgan fingerprint density at radius 2 is 2.16 bits per heavy atom. The topological polar surface area (TPSA) is 49.8 Å². The second-order valence-electron chi connectivity index (χ2n) is 4.96. The molecule has 0 bridgehead atoms. The Balaban J connectivity index is 1.73. The Morgan fingerprint density at radius 3 is 2.89 bits per heavy atom. The molecule has 2 rings (SSSR count). The maximum atomic E-state index is 10.6. The summed E-state index contributed by atoms with van der Waals surface area (Å²) in [6, 6.07) is 10.4. The first-order valence-electron chi connectivity index (χ1n) is 6.84. The predicted octanol–water partition coefficient (Wildman–Crippen LogP) is 1.79. The van der Waals surface area contributed by atoms with E-state index >= 15 is 0 Å². The van der Waals surface area contributed by atoms with E-state index in [2.05, 4.69) is 29.2 Å². The molecule has 0 amide bonds. The molecule has 1 saturated heterocycles. The average Bonchev–Trinajstić information content (AvgIpc) is 2.44. The maximum absolute atomic E-state index is 10.6. The van der Waals surface area contributed by atoms with Crippen LogP contribution < -0.4 is 0 Å². The van der Waals surface area contributed by atoms with Gasteiger partial charge >= 0.3 is 5.97 Å². The van der Waals surface area contributed by atoms with Crippen LogP contribution in [0.4, 0.5) is 0 Å². The summed E-state index contributed by atoms with van der Waals surface area (Å²) in [5, 5.41) is 8.70. The molecule has 0 aliphatic carbocycles. The van der Waals surface area contributed by atoms with E-state index in [9.17, 15) is 4.79 Å². The standard InChI is InChI=1S/C15H21NO3/c17-15(18)8-9-16-10-11-19-14(12-16)7-6-13-4-2-1-3-5-13/h1-5,14H,6-12H2,(H,17,18). The van der Waals surface area contributed by atoms with Gasteiger partial charge in [0.25, 0.3) is 0 Å². The molecule has 0 saturated carbocycles. The fraction of sp³-hybridized carbons (Fsp3) is 0.533. The van der Waals surface area contributed by atoms with E-state index < -0.39 is 5.97 Å². The molecule has 1 unspecified atom stereocenters. The molecule has 4 nitrogen and oxygen atoms in total. The number of hydrogen-bond acceptors (Lipinski definition) is 3. The molecule has 19 heavy (non-hydrogen) atoms. The lowest BCUT2D eigenvalue weighted by Gasteiger charge is -2.32. The number of carboxylic acid groups (broad SMARTS) is 1. The van der Waals surface area contributed by atoms with Crippen LogP contribution in [-0.2, 0) is 16.0 Å². The number of nitrogens with zero attached hydrogens (tertiary/aromatic N) is 1. The van der Waals surface area contributed by atoms with Crippen LogP contribution in [-0.4, -0.2) is 48.3 Å². The third-order valence-corrected chi connectivity index (χ3v) is 3.46. The van der Waals surface area contributed by atoms with Gasteiger partial charge in [0.2, 0.25) is 0 Å². The molecule has 1 N–H and O–H groups in total. The van der Waals surface area contributed by atoms with Crippen LogP contribution in [0.15, 0.2) is 30.3 Å². The fourth-order valence-corrected chi connectivity index (χ4v) is 2.38. The summed E-state index contributed by atoms with van der Waals surface area (Å²) in [4.78, 5) is 12.8. The van der Waals surface area contributed by atoms with Crippen LogP contribution in [0.5, 0.6) is 0 Å². The van der Waals surface area contributed by atoms with E-state index in [4.69, 9.17) is 9.84 Å². The molecule has 1 aromatic rings. The van der Waals surface area contributed by atoms with Gasteiger partial charge in [-0.3, -0.25) is 9.69 Å². The number of hydrogen-bond donors (Lipinski definition) is 1. The number of ether oxygens (including phenoxy) is 1. The van der Waals surface area contributed by atoms with Gasteiger partial charge in [-0.05, 0) is 18.4 Å². The number of carboxylic acids is 1. The van der Waals surface area contributed by atoms with Gasteiger partial charge in [0, 0.05) is 19.6 Å². The minimum atomic E-state index is -0.729. The monoisotopic (exact) mass is 263 g/mol. The van der Waals surface area contributed by atoms with E-state index in [1.807, 2.05) is 6.07 Å². The Hall–Kier alpha value is -1.39. The molecule has 0 spiro atoms. The average molecular weight is 263 g/mol. The highest BCUT2D eigenvalue weighted by Crippen LogP contribution is 2.12. The van der Waals surface area contributed by atoms with Gasteiger partial charge in [-0.1, -0.05) is 30.3 Å². The maximum Gasteiger partial charge on any atom is 0.304 e. The Morgan fingerprint density at radius 1 is 1.37 bits per heavy atom. The number of benzene rings is 1. The minimum Gasteiger partial charge on any atom is -0.481 e. The Labute approximate surface area is 114 Å². The minimum absolute atomic E-state index is 0.214. The SMILES string of the molecule is O=C(O)CCN1CCOC(CCc2ccccc2)C1. The molecule has 1 heterocycles. The van der Waals surface area contributed by atoms with Crippen molar-refractivity contribution in [2.75, 3.05) is 26.2 Å². The van der Waals surface area contributed by atoms with Gasteiger partial charge in [0.15, 0.2) is 0 Å². The van der Waals surface area contributed by atoms with E-state index in [1.165, 1.54) is 5.56 Å². The fourth-order valence-electron chi connectivity index (χ4n) is 2.38. The molecule has 0 aromatic heterocycles. The second kappa shape index (κ2) is 7.26. The summed E-state index contributed by atoms with van der Waals surface area (Å²) in [5.74, 6) is -0.729. The molecule has 1 atom stereocenters. The van der Waals surface area contributed by atoms with Crippen molar-refractivity contribution in [3.63, 3.8) is 0 Å². The Bertz CT molecular complexity index is 394. The van der Waals surface area contributed by atoms with E-state index in [1.54, 1.807) is 0 Å². The summed E-state index contributed by atoms with van der Waals surface area (Å²) < 4.78 is 5.75. The van der Waals surface area contributed by atoms with Crippen LogP contribution in [0.3, 0.4) is 0 Å². The van der Waals surface area contributed by atoms with Crippen LogP contribution in [0, 0.1) is 0 Å². The zero-order valence-corrected chi connectivity index (χ0v) is 11.1. The van der Waals surface area contributed by atoms with Gasteiger partial charge in [0.05, 0.1) is 19.1 Å². The molecular weight excluding hydrogens is 242 g/mol. The lowest BCUT2D eigenvalue weighted by molar-refractivity contribution is -0.137. The molecule has 1 fully saturated rings. The molecule has 1 aromatic carbocycles. The molecule has 4 heteroatoms. The third kappa shape index (κ3) is 5.01. The highest BCUT2D eigenvalue weighted by atomic mass is 16.5. The van der Waals surface area contributed by atoms with Gasteiger partial charge in [-0.25, -0.2) is 0 Å². The van der Waals surface area contributed by atoms with E-state index in [0.717, 1.165) is 25.9 Å². The number of carbonyl (C=O) groups is 1. The lowest BCUT2D eigenvalue weighted by Crippen LogP contribution is -2.43. The predicted molar refractivity (Wildman–Crippen MR) is 73.2 cm³/mol. The summed E-state index contributed by atoms with van der Waals surface area (Å²) in [7, 11) is 0. The molecule has 0 radical (unpaired) electrons. The van der Waals surface area contributed by atoms with Crippen molar-refractivity contribution < 1.29 is 14.6 Å². The number of rotatable bonds is 6. The molecular formula is C15H21NO3. The highest BCUT2D eigenvalue weighted by Gasteiger charge is 2.20. The van der Waals surface area contributed by atoms with Gasteiger partial charge in [0.1, 0.15) is 0 Å². The van der Waals surface area contributed by atoms with Crippen LogP contribution in [0.1, 0.15) is 18.4 Å². The number of aliphatic carboxylic acids is 1. The second-order valence-corrected chi connectivity index (χ2v) is 4.96. The van der Waals surface area contributed by atoms with Crippen molar-refractivity contribution in [2.24, 2.45) is 0 Å². The molecule has 104 valence electrons. The molecule has 1 aliphatic rings. The summed E-state index contributed by atoms with van der Waals surface area (Å²) >= 11 is 0.